The molecule has 2 fully saturated rings. The van der Waals surface area contributed by atoms with Gasteiger partial charge in [-0.3, -0.25) is 9.59 Å². The van der Waals surface area contributed by atoms with Crippen LogP contribution in [-0.2, 0) is 16.0 Å². The number of anilines is 1. The maximum absolute atomic E-state index is 13.4. The molecule has 32 heavy (non-hydrogen) atoms. The molecule has 3 aromatic rings. The van der Waals surface area contributed by atoms with Crippen molar-refractivity contribution < 1.29 is 18.8 Å². The molecule has 2 aliphatic heterocycles. The number of para-hydroxylation sites is 1. The Hall–Kier alpha value is -3.88. The molecular formula is C23H22FN5O3. The Labute approximate surface area is 183 Å². The number of amides is 4. The molecule has 3 heterocycles. The number of aromatic nitrogens is 1. The lowest BCUT2D eigenvalue weighted by molar-refractivity contribution is -0.152. The number of halogens is 1. The van der Waals surface area contributed by atoms with Crippen LogP contribution in [0.4, 0.5) is 14.9 Å². The summed E-state index contributed by atoms with van der Waals surface area (Å²) in [5, 5.41) is 6.49. The molecule has 0 spiro atoms. The van der Waals surface area contributed by atoms with Crippen LogP contribution in [0.25, 0.3) is 10.9 Å². The van der Waals surface area contributed by atoms with E-state index >= 15 is 0 Å². The van der Waals surface area contributed by atoms with Gasteiger partial charge in [0.25, 0.3) is 0 Å². The minimum Gasteiger partial charge on any atom is -0.361 e. The molecule has 5 rings (SSSR count). The first-order valence-electron chi connectivity index (χ1n) is 10.5. The molecule has 1 aromatic heterocycles. The number of carbonyl (C=O) groups is 3. The summed E-state index contributed by atoms with van der Waals surface area (Å²) in [5.41, 5.74) is 2.28. The van der Waals surface area contributed by atoms with Crippen LogP contribution in [0, 0.1) is 5.82 Å². The van der Waals surface area contributed by atoms with Gasteiger partial charge < -0.3 is 25.4 Å². The summed E-state index contributed by atoms with van der Waals surface area (Å²) in [6.45, 7) is 0.632. The maximum atomic E-state index is 13.4. The first-order valence-corrected chi connectivity index (χ1v) is 10.5. The summed E-state index contributed by atoms with van der Waals surface area (Å²) in [5.74, 6) is -0.881. The Kier molecular flexibility index (Phi) is 5.01. The van der Waals surface area contributed by atoms with Gasteiger partial charge in [-0.05, 0) is 29.8 Å². The Morgan fingerprint density at radius 3 is 2.81 bits per heavy atom. The van der Waals surface area contributed by atoms with Crippen molar-refractivity contribution in [3.05, 3.63) is 66.1 Å². The van der Waals surface area contributed by atoms with Crippen LogP contribution >= 0.6 is 0 Å². The standard InChI is InChI=1S/C23H22FN5O3/c24-15-4-3-5-16(11-15)26-23(32)28-8-9-29-20(13-28)21(30)27-19(22(29)31)10-14-12-25-18-7-2-1-6-17(14)18/h1-7,11-12,19-20,25H,8-10,13H2,(H,26,32)(H,27,30)/t19-,20+/m0/s1. The lowest BCUT2D eigenvalue weighted by Crippen LogP contribution is -2.70. The zero-order chi connectivity index (χ0) is 22.2. The summed E-state index contributed by atoms with van der Waals surface area (Å²) in [4.78, 5) is 44.8. The SMILES string of the molecule is O=C1N[C@@H](Cc2c[nH]c3ccccc23)C(=O)N2CCN(C(=O)Nc3cccc(F)c3)C[C@H]12. The van der Waals surface area contributed by atoms with Crippen molar-refractivity contribution in [1.82, 2.24) is 20.1 Å². The summed E-state index contributed by atoms with van der Waals surface area (Å²) in [6, 6.07) is 11.6. The normalized spacial score (nSPS) is 20.8. The quantitative estimate of drug-likeness (QED) is 0.588. The number of H-pyrrole nitrogens is 1. The van der Waals surface area contributed by atoms with Crippen LogP contribution in [0.2, 0.25) is 0 Å². The van der Waals surface area contributed by atoms with Crippen LogP contribution in [0.5, 0.6) is 0 Å². The van der Waals surface area contributed by atoms with Gasteiger partial charge in [0, 0.05) is 42.3 Å². The predicted molar refractivity (Wildman–Crippen MR) is 116 cm³/mol. The number of urea groups is 1. The number of nitrogens with one attached hydrogen (secondary N) is 3. The van der Waals surface area contributed by atoms with Gasteiger partial charge in [0.15, 0.2) is 0 Å². The Morgan fingerprint density at radius 2 is 1.97 bits per heavy atom. The second-order valence-electron chi connectivity index (χ2n) is 8.06. The van der Waals surface area contributed by atoms with Crippen LogP contribution in [0.1, 0.15) is 5.56 Å². The van der Waals surface area contributed by atoms with E-state index < -0.39 is 23.9 Å². The third kappa shape index (κ3) is 3.66. The third-order valence-corrected chi connectivity index (χ3v) is 6.04. The number of carbonyl (C=O) groups excluding carboxylic acids is 3. The van der Waals surface area contributed by atoms with E-state index in [1.54, 1.807) is 11.0 Å². The largest absolute Gasteiger partial charge is 0.361 e. The smallest absolute Gasteiger partial charge is 0.321 e. The van der Waals surface area contributed by atoms with E-state index in [1.807, 2.05) is 30.5 Å². The van der Waals surface area contributed by atoms with E-state index in [2.05, 4.69) is 15.6 Å². The molecule has 0 aliphatic carbocycles. The van der Waals surface area contributed by atoms with E-state index in [4.69, 9.17) is 0 Å². The molecular weight excluding hydrogens is 413 g/mol. The number of rotatable bonds is 3. The predicted octanol–water partition coefficient (Wildman–Crippen LogP) is 2.09. The molecule has 0 saturated carbocycles. The van der Waals surface area contributed by atoms with E-state index in [0.29, 0.717) is 12.1 Å². The monoisotopic (exact) mass is 435 g/mol. The van der Waals surface area contributed by atoms with Gasteiger partial charge in [-0.1, -0.05) is 24.3 Å². The fraction of sp³-hybridized carbons (Fsp3) is 0.261. The summed E-state index contributed by atoms with van der Waals surface area (Å²) < 4.78 is 13.4. The van der Waals surface area contributed by atoms with Crippen LogP contribution < -0.4 is 10.6 Å². The Balaban J connectivity index is 1.26. The fourth-order valence-electron chi connectivity index (χ4n) is 4.41. The van der Waals surface area contributed by atoms with Gasteiger partial charge in [-0.2, -0.15) is 0 Å². The first-order chi connectivity index (χ1) is 15.5. The highest BCUT2D eigenvalue weighted by Gasteiger charge is 2.44. The van der Waals surface area contributed by atoms with Gasteiger partial charge in [0.1, 0.15) is 17.9 Å². The molecule has 2 atom stereocenters. The van der Waals surface area contributed by atoms with E-state index in [0.717, 1.165) is 16.5 Å². The highest BCUT2D eigenvalue weighted by molar-refractivity contribution is 5.99. The number of aromatic amines is 1. The molecule has 8 nitrogen and oxygen atoms in total. The molecule has 164 valence electrons. The minimum atomic E-state index is -0.742. The van der Waals surface area contributed by atoms with Crippen molar-refractivity contribution in [2.24, 2.45) is 0 Å². The van der Waals surface area contributed by atoms with Crippen molar-refractivity contribution in [1.29, 1.82) is 0 Å². The van der Waals surface area contributed by atoms with Gasteiger partial charge in [-0.15, -0.1) is 0 Å². The first kappa shape index (κ1) is 20.0. The molecule has 2 aliphatic rings. The number of hydrogen-bond donors (Lipinski definition) is 3. The van der Waals surface area contributed by atoms with Gasteiger partial charge in [-0.25, -0.2) is 9.18 Å². The number of nitrogens with zero attached hydrogens (tertiary/aromatic N) is 2. The zero-order valence-electron chi connectivity index (χ0n) is 17.2. The molecule has 0 unspecified atom stereocenters. The molecule has 0 radical (unpaired) electrons. The van der Waals surface area contributed by atoms with Gasteiger partial charge >= 0.3 is 6.03 Å². The minimum absolute atomic E-state index is 0.0819. The lowest BCUT2D eigenvalue weighted by atomic mass is 9.98. The Bertz CT molecular complexity index is 1210. The Morgan fingerprint density at radius 1 is 1.12 bits per heavy atom. The van der Waals surface area contributed by atoms with Crippen molar-refractivity contribution in [2.45, 2.75) is 18.5 Å². The summed E-state index contributed by atoms with van der Waals surface area (Å²) in [6.07, 6.45) is 2.26. The molecule has 4 amide bonds. The summed E-state index contributed by atoms with van der Waals surface area (Å²) >= 11 is 0. The van der Waals surface area contributed by atoms with Gasteiger partial charge in [0.2, 0.25) is 11.8 Å². The van der Waals surface area contributed by atoms with E-state index in [-0.39, 0.29) is 31.4 Å². The van der Waals surface area contributed by atoms with Gasteiger partial charge in [0.05, 0.1) is 6.54 Å². The number of piperazine rings is 2. The molecule has 0 bridgehead atoms. The van der Waals surface area contributed by atoms with E-state index in [9.17, 15) is 18.8 Å². The topological polar surface area (TPSA) is 97.5 Å². The lowest BCUT2D eigenvalue weighted by Gasteiger charge is -2.45. The van der Waals surface area contributed by atoms with Crippen LogP contribution in [0.3, 0.4) is 0 Å². The molecule has 9 heteroatoms. The zero-order valence-corrected chi connectivity index (χ0v) is 17.2. The molecule has 3 N–H and O–H groups in total. The van der Waals surface area contributed by atoms with Crippen molar-refractivity contribution in [3.63, 3.8) is 0 Å². The second-order valence-corrected chi connectivity index (χ2v) is 8.06. The highest BCUT2D eigenvalue weighted by atomic mass is 19.1. The number of hydrogen-bond acceptors (Lipinski definition) is 3. The highest BCUT2D eigenvalue weighted by Crippen LogP contribution is 2.23. The molecule has 2 saturated heterocycles. The molecule has 2 aromatic carbocycles. The van der Waals surface area contributed by atoms with Crippen molar-refractivity contribution in [2.75, 3.05) is 25.0 Å². The van der Waals surface area contributed by atoms with Crippen LogP contribution in [-0.4, -0.2) is 64.3 Å². The maximum Gasteiger partial charge on any atom is 0.321 e. The second kappa shape index (κ2) is 7.99. The van der Waals surface area contributed by atoms with Crippen molar-refractivity contribution in [3.8, 4) is 0 Å². The number of benzene rings is 2. The van der Waals surface area contributed by atoms with Crippen molar-refractivity contribution >= 4 is 34.4 Å². The van der Waals surface area contributed by atoms with Crippen LogP contribution in [0.15, 0.2) is 54.7 Å². The summed E-state index contributed by atoms with van der Waals surface area (Å²) in [7, 11) is 0. The fourth-order valence-corrected chi connectivity index (χ4v) is 4.41. The van der Waals surface area contributed by atoms with E-state index in [1.165, 1.54) is 23.1 Å². The average molecular weight is 435 g/mol. The number of fused-ring (bicyclic) bond motifs is 2. The average Bonchev–Trinajstić information content (AvgIpc) is 3.20. The third-order valence-electron chi connectivity index (χ3n) is 6.04.